The topological polar surface area (TPSA) is 38.0 Å². The zero-order valence-corrected chi connectivity index (χ0v) is 12.2. The second-order valence-electron chi connectivity index (χ2n) is 5.86. The summed E-state index contributed by atoms with van der Waals surface area (Å²) in [5.74, 6) is 1.50. The molecule has 0 spiro atoms. The first-order valence-electron chi connectivity index (χ1n) is 7.46. The molecule has 106 valence electrons. The average molecular weight is 270 g/mol. The van der Waals surface area contributed by atoms with Gasteiger partial charge in [0.25, 0.3) is 0 Å². The summed E-state index contributed by atoms with van der Waals surface area (Å²) in [6, 6.07) is 8.31. The van der Waals surface area contributed by atoms with E-state index in [-0.39, 0.29) is 0 Å². The maximum atomic E-state index is 11.2. The fourth-order valence-electron chi connectivity index (χ4n) is 3.34. The minimum Gasteiger partial charge on any atom is -0.385 e. The van der Waals surface area contributed by atoms with Gasteiger partial charge < -0.3 is 9.67 Å². The SMILES string of the molecule is CCn1ccnc1CC1(O)CCC(C)c2ccccc21. The van der Waals surface area contributed by atoms with Crippen LogP contribution in [0.25, 0.3) is 0 Å². The number of aromatic nitrogens is 2. The first-order chi connectivity index (χ1) is 9.64. The van der Waals surface area contributed by atoms with Crippen LogP contribution in [0.2, 0.25) is 0 Å². The number of imidazole rings is 1. The largest absolute Gasteiger partial charge is 0.385 e. The second-order valence-corrected chi connectivity index (χ2v) is 5.86. The Labute approximate surface area is 120 Å². The highest BCUT2D eigenvalue weighted by atomic mass is 16.3. The van der Waals surface area contributed by atoms with Crippen molar-refractivity contribution in [2.45, 2.75) is 51.2 Å². The van der Waals surface area contributed by atoms with Crippen LogP contribution in [0.4, 0.5) is 0 Å². The lowest BCUT2D eigenvalue weighted by molar-refractivity contribution is 0.0133. The van der Waals surface area contributed by atoms with E-state index in [0.717, 1.165) is 30.8 Å². The molecule has 0 amide bonds. The molecule has 3 nitrogen and oxygen atoms in total. The van der Waals surface area contributed by atoms with Crippen LogP contribution in [0.1, 0.15) is 49.6 Å². The highest BCUT2D eigenvalue weighted by molar-refractivity contribution is 5.37. The summed E-state index contributed by atoms with van der Waals surface area (Å²) in [5.41, 5.74) is 1.60. The molecule has 20 heavy (non-hydrogen) atoms. The van der Waals surface area contributed by atoms with Gasteiger partial charge in [-0.05, 0) is 36.8 Å². The molecule has 1 aliphatic carbocycles. The Kier molecular flexibility index (Phi) is 3.38. The smallest absolute Gasteiger partial charge is 0.111 e. The molecule has 2 aromatic rings. The van der Waals surface area contributed by atoms with Gasteiger partial charge in [-0.15, -0.1) is 0 Å². The molecule has 2 unspecified atom stereocenters. The predicted molar refractivity (Wildman–Crippen MR) is 79.6 cm³/mol. The number of benzene rings is 1. The zero-order valence-electron chi connectivity index (χ0n) is 12.2. The molecule has 1 aromatic heterocycles. The Bertz CT molecular complexity index is 605. The van der Waals surface area contributed by atoms with Gasteiger partial charge in [-0.2, -0.15) is 0 Å². The van der Waals surface area contributed by atoms with Crippen LogP contribution >= 0.6 is 0 Å². The van der Waals surface area contributed by atoms with Gasteiger partial charge in [-0.25, -0.2) is 4.98 Å². The van der Waals surface area contributed by atoms with E-state index in [9.17, 15) is 5.11 Å². The maximum Gasteiger partial charge on any atom is 0.111 e. The Balaban J connectivity index is 1.98. The van der Waals surface area contributed by atoms with Crippen LogP contribution < -0.4 is 0 Å². The predicted octanol–water partition coefficient (Wildman–Crippen LogP) is 3.23. The fraction of sp³-hybridized carbons (Fsp3) is 0.471. The lowest BCUT2D eigenvalue weighted by Gasteiger charge is -2.37. The molecule has 1 aliphatic rings. The summed E-state index contributed by atoms with van der Waals surface area (Å²) in [5, 5.41) is 11.2. The van der Waals surface area contributed by atoms with Crippen molar-refractivity contribution in [1.82, 2.24) is 9.55 Å². The van der Waals surface area contributed by atoms with Gasteiger partial charge in [0.05, 0.1) is 5.60 Å². The number of hydrogen-bond acceptors (Lipinski definition) is 2. The molecule has 1 aromatic carbocycles. The number of nitrogens with zero attached hydrogens (tertiary/aromatic N) is 2. The van der Waals surface area contributed by atoms with Gasteiger partial charge in [-0.3, -0.25) is 0 Å². The van der Waals surface area contributed by atoms with Crippen molar-refractivity contribution in [2.75, 3.05) is 0 Å². The van der Waals surface area contributed by atoms with E-state index in [2.05, 4.69) is 41.6 Å². The lowest BCUT2D eigenvalue weighted by Crippen LogP contribution is -2.35. The standard InChI is InChI=1S/C17H22N2O/c1-3-19-11-10-18-16(19)12-17(20)9-8-13(2)14-6-4-5-7-15(14)17/h4-7,10-11,13,20H,3,8-9,12H2,1-2H3. The van der Waals surface area contributed by atoms with E-state index >= 15 is 0 Å². The molecule has 2 atom stereocenters. The van der Waals surface area contributed by atoms with Gasteiger partial charge in [-0.1, -0.05) is 31.2 Å². The van der Waals surface area contributed by atoms with Gasteiger partial charge >= 0.3 is 0 Å². The lowest BCUT2D eigenvalue weighted by atomic mass is 9.73. The van der Waals surface area contributed by atoms with E-state index in [4.69, 9.17) is 0 Å². The van der Waals surface area contributed by atoms with Gasteiger partial charge in [0, 0.05) is 25.4 Å². The summed E-state index contributed by atoms with van der Waals surface area (Å²) < 4.78 is 2.11. The Morgan fingerprint density at radius 2 is 2.20 bits per heavy atom. The molecule has 3 rings (SSSR count). The van der Waals surface area contributed by atoms with Crippen LogP contribution in [-0.4, -0.2) is 14.7 Å². The molecule has 0 saturated carbocycles. The van der Waals surface area contributed by atoms with E-state index in [1.165, 1.54) is 5.56 Å². The normalized spacial score (nSPS) is 25.4. The summed E-state index contributed by atoms with van der Waals surface area (Å²) in [4.78, 5) is 4.42. The number of rotatable bonds is 3. The second kappa shape index (κ2) is 5.06. The van der Waals surface area contributed by atoms with Crippen molar-refractivity contribution in [3.63, 3.8) is 0 Å². The van der Waals surface area contributed by atoms with Crippen molar-refractivity contribution in [3.8, 4) is 0 Å². The first-order valence-corrected chi connectivity index (χ1v) is 7.46. The van der Waals surface area contributed by atoms with E-state index in [0.29, 0.717) is 12.3 Å². The van der Waals surface area contributed by atoms with Gasteiger partial charge in [0.15, 0.2) is 0 Å². The third kappa shape index (κ3) is 2.16. The monoisotopic (exact) mass is 270 g/mol. The molecular formula is C17H22N2O. The number of aliphatic hydroxyl groups is 1. The van der Waals surface area contributed by atoms with Gasteiger partial charge in [0.1, 0.15) is 5.82 Å². The molecule has 0 fully saturated rings. The summed E-state index contributed by atoms with van der Waals surface area (Å²) in [6.07, 6.45) is 6.23. The number of aryl methyl sites for hydroxylation is 1. The molecule has 0 bridgehead atoms. The Morgan fingerprint density at radius 1 is 1.40 bits per heavy atom. The first kappa shape index (κ1) is 13.4. The van der Waals surface area contributed by atoms with Crippen molar-refractivity contribution in [1.29, 1.82) is 0 Å². The van der Waals surface area contributed by atoms with Crippen molar-refractivity contribution in [2.24, 2.45) is 0 Å². The Hall–Kier alpha value is -1.61. The van der Waals surface area contributed by atoms with Crippen LogP contribution in [0, 0.1) is 0 Å². The Morgan fingerprint density at radius 3 is 3.00 bits per heavy atom. The van der Waals surface area contributed by atoms with E-state index in [1.807, 2.05) is 18.5 Å². The molecule has 3 heteroatoms. The minimum atomic E-state index is -0.776. The maximum absolute atomic E-state index is 11.2. The molecule has 0 aliphatic heterocycles. The molecular weight excluding hydrogens is 248 g/mol. The van der Waals surface area contributed by atoms with Crippen molar-refractivity contribution >= 4 is 0 Å². The van der Waals surface area contributed by atoms with E-state index < -0.39 is 5.60 Å². The number of fused-ring (bicyclic) bond motifs is 1. The summed E-state index contributed by atoms with van der Waals surface area (Å²) in [6.45, 7) is 5.24. The van der Waals surface area contributed by atoms with Crippen molar-refractivity contribution < 1.29 is 5.11 Å². The van der Waals surface area contributed by atoms with Crippen molar-refractivity contribution in [3.05, 3.63) is 53.6 Å². The molecule has 1 N–H and O–H groups in total. The molecule has 0 saturated heterocycles. The van der Waals surface area contributed by atoms with Crippen LogP contribution in [0.5, 0.6) is 0 Å². The van der Waals surface area contributed by atoms with Gasteiger partial charge in [0.2, 0.25) is 0 Å². The third-order valence-electron chi connectivity index (χ3n) is 4.58. The fourth-order valence-corrected chi connectivity index (χ4v) is 3.34. The number of hydrogen-bond donors (Lipinski definition) is 1. The highest BCUT2D eigenvalue weighted by Crippen LogP contribution is 2.42. The summed E-state index contributed by atoms with van der Waals surface area (Å²) >= 11 is 0. The quantitative estimate of drug-likeness (QED) is 0.930. The highest BCUT2D eigenvalue weighted by Gasteiger charge is 2.37. The minimum absolute atomic E-state index is 0.525. The van der Waals surface area contributed by atoms with Crippen LogP contribution in [0.3, 0.4) is 0 Å². The van der Waals surface area contributed by atoms with E-state index in [1.54, 1.807) is 0 Å². The molecule has 0 radical (unpaired) electrons. The summed E-state index contributed by atoms with van der Waals surface area (Å²) in [7, 11) is 0. The molecule has 1 heterocycles. The van der Waals surface area contributed by atoms with Crippen LogP contribution in [0.15, 0.2) is 36.7 Å². The zero-order chi connectivity index (χ0) is 14.2. The third-order valence-corrected chi connectivity index (χ3v) is 4.58. The van der Waals surface area contributed by atoms with Crippen LogP contribution in [-0.2, 0) is 18.6 Å². The average Bonchev–Trinajstić information content (AvgIpc) is 2.91.